The molecule has 0 fully saturated rings. The van der Waals surface area contributed by atoms with E-state index in [0.717, 1.165) is 57.8 Å². The molecule has 9 heteroatoms. The van der Waals surface area contributed by atoms with Gasteiger partial charge in [0.05, 0.1) is 6.61 Å². The van der Waals surface area contributed by atoms with Crippen molar-refractivity contribution in [1.29, 1.82) is 0 Å². The van der Waals surface area contributed by atoms with E-state index >= 15 is 0 Å². The summed E-state index contributed by atoms with van der Waals surface area (Å²) in [6.45, 7) is 3.69. The Hall–Kier alpha value is -1.47. The van der Waals surface area contributed by atoms with Crippen molar-refractivity contribution in [1.82, 2.24) is 0 Å². The molecule has 8 nitrogen and oxygen atoms in total. The van der Waals surface area contributed by atoms with Crippen molar-refractivity contribution in [2.24, 2.45) is 0 Å². The Bertz CT molecular complexity index is 946. The fourth-order valence-electron chi connectivity index (χ4n) is 6.76. The van der Waals surface area contributed by atoms with Crippen LogP contribution in [0.4, 0.5) is 0 Å². The number of carbonyl (C=O) groups excluding carboxylic acids is 2. The molecular weight excluding hydrogens is 711 g/mol. The molecule has 0 aromatic carbocycles. The number of rotatable bonds is 43. The lowest BCUT2D eigenvalue weighted by atomic mass is 10.0. The van der Waals surface area contributed by atoms with Gasteiger partial charge in [0, 0.05) is 12.8 Å². The van der Waals surface area contributed by atoms with Gasteiger partial charge < -0.3 is 19.3 Å². The van der Waals surface area contributed by atoms with Crippen LogP contribution >= 0.6 is 7.82 Å². The van der Waals surface area contributed by atoms with E-state index in [0.29, 0.717) is 6.42 Å². The molecule has 0 radical (unpaired) electrons. The molecule has 0 amide bonds. The van der Waals surface area contributed by atoms with Crippen LogP contribution in [0.3, 0.4) is 0 Å². The number of esters is 2. The summed E-state index contributed by atoms with van der Waals surface area (Å²) in [4.78, 5) is 42.9. The molecule has 324 valence electrons. The standard InChI is InChI=1S/C46H87O8P/c1-3-5-7-9-11-13-15-17-19-21-22-23-24-25-27-28-30-32-34-36-38-40-45(47)52-42-44(43-53-55(49,50)51)54-46(48)41-39-37-35-33-31-29-26-20-18-16-14-12-10-8-6-4-2/h14,16,20,26,44H,3-13,15,17-19,21-25,27-43H2,1-2H3,(H2,49,50,51)/b16-14-,26-20-. The molecule has 1 unspecified atom stereocenters. The molecule has 0 aliphatic heterocycles. The van der Waals surface area contributed by atoms with Gasteiger partial charge in [-0.2, -0.15) is 0 Å². The highest BCUT2D eigenvalue weighted by molar-refractivity contribution is 7.46. The number of phosphoric acid groups is 1. The van der Waals surface area contributed by atoms with Gasteiger partial charge in [0.2, 0.25) is 0 Å². The van der Waals surface area contributed by atoms with Gasteiger partial charge in [0.25, 0.3) is 0 Å². The van der Waals surface area contributed by atoms with E-state index in [1.807, 2.05) is 0 Å². The lowest BCUT2D eigenvalue weighted by Gasteiger charge is -2.18. The highest BCUT2D eigenvalue weighted by Gasteiger charge is 2.23. The number of hydrogen-bond acceptors (Lipinski definition) is 6. The maximum absolute atomic E-state index is 12.4. The minimum absolute atomic E-state index is 0.199. The average molecular weight is 799 g/mol. The smallest absolute Gasteiger partial charge is 0.462 e. The second kappa shape index (κ2) is 42.1. The lowest BCUT2D eigenvalue weighted by molar-refractivity contribution is -0.161. The van der Waals surface area contributed by atoms with E-state index in [1.54, 1.807) is 0 Å². The molecule has 0 saturated heterocycles. The van der Waals surface area contributed by atoms with Gasteiger partial charge in [-0.05, 0) is 44.9 Å². The van der Waals surface area contributed by atoms with Crippen LogP contribution in [0, 0.1) is 0 Å². The topological polar surface area (TPSA) is 119 Å². The van der Waals surface area contributed by atoms with Gasteiger partial charge in [-0.3, -0.25) is 14.1 Å². The van der Waals surface area contributed by atoms with Crippen LogP contribution in [0.5, 0.6) is 0 Å². The van der Waals surface area contributed by atoms with E-state index in [1.165, 1.54) is 148 Å². The molecule has 0 heterocycles. The summed E-state index contributed by atoms with van der Waals surface area (Å²) >= 11 is 0. The largest absolute Gasteiger partial charge is 0.469 e. The minimum atomic E-state index is -4.76. The number of hydrogen-bond donors (Lipinski definition) is 2. The van der Waals surface area contributed by atoms with E-state index in [2.05, 4.69) is 42.7 Å². The summed E-state index contributed by atoms with van der Waals surface area (Å²) in [6.07, 6.45) is 49.0. The van der Waals surface area contributed by atoms with E-state index in [9.17, 15) is 14.2 Å². The van der Waals surface area contributed by atoms with Crippen LogP contribution in [0.15, 0.2) is 24.3 Å². The third kappa shape index (κ3) is 45.1. The van der Waals surface area contributed by atoms with Crippen molar-refractivity contribution in [3.8, 4) is 0 Å². The predicted octanol–water partition coefficient (Wildman–Crippen LogP) is 14.4. The Morgan fingerprint density at radius 2 is 0.818 bits per heavy atom. The third-order valence-corrected chi connectivity index (χ3v) is 10.7. The Balaban J connectivity index is 3.84. The molecule has 2 N–H and O–H groups in total. The summed E-state index contributed by atoms with van der Waals surface area (Å²) < 4.78 is 26.4. The molecule has 0 rings (SSSR count). The van der Waals surface area contributed by atoms with Crippen molar-refractivity contribution >= 4 is 19.8 Å². The second-order valence-electron chi connectivity index (χ2n) is 15.7. The number of unbranched alkanes of at least 4 members (excludes halogenated alkanes) is 29. The van der Waals surface area contributed by atoms with Crippen LogP contribution in [0.1, 0.15) is 239 Å². The number of allylic oxidation sites excluding steroid dienone is 4. The molecule has 1 atom stereocenters. The minimum Gasteiger partial charge on any atom is -0.462 e. The summed E-state index contributed by atoms with van der Waals surface area (Å²) in [5, 5.41) is 0. The first kappa shape index (κ1) is 53.5. The van der Waals surface area contributed by atoms with Crippen LogP contribution in [-0.4, -0.2) is 41.0 Å². The maximum atomic E-state index is 12.4. The zero-order valence-corrected chi connectivity index (χ0v) is 36.7. The van der Waals surface area contributed by atoms with Gasteiger partial charge in [-0.1, -0.05) is 205 Å². The third-order valence-electron chi connectivity index (χ3n) is 10.2. The number of phosphoric ester groups is 1. The number of carbonyl (C=O) groups is 2. The van der Waals surface area contributed by atoms with E-state index in [4.69, 9.17) is 19.3 Å². The molecule has 55 heavy (non-hydrogen) atoms. The van der Waals surface area contributed by atoms with Gasteiger partial charge >= 0.3 is 19.8 Å². The molecule has 0 aliphatic carbocycles. The Kier molecular flexibility index (Phi) is 41.0. The van der Waals surface area contributed by atoms with Crippen molar-refractivity contribution in [3.63, 3.8) is 0 Å². The maximum Gasteiger partial charge on any atom is 0.469 e. The molecule has 0 spiro atoms. The Labute approximate surface area is 339 Å². The molecule has 0 bridgehead atoms. The van der Waals surface area contributed by atoms with E-state index < -0.39 is 32.5 Å². The predicted molar refractivity (Wildman–Crippen MR) is 230 cm³/mol. The summed E-state index contributed by atoms with van der Waals surface area (Å²) in [7, 11) is -4.76. The van der Waals surface area contributed by atoms with Crippen LogP contribution in [-0.2, 0) is 28.2 Å². The molecule has 0 saturated carbocycles. The number of ether oxygens (including phenoxy) is 2. The molecule has 0 aromatic rings. The van der Waals surface area contributed by atoms with Crippen LogP contribution in [0.2, 0.25) is 0 Å². The van der Waals surface area contributed by atoms with Gasteiger partial charge in [0.1, 0.15) is 6.61 Å². The van der Waals surface area contributed by atoms with Gasteiger partial charge in [-0.15, -0.1) is 0 Å². The van der Waals surface area contributed by atoms with E-state index in [-0.39, 0.29) is 19.4 Å². The monoisotopic (exact) mass is 799 g/mol. The molecular formula is C46H87O8P. The zero-order valence-electron chi connectivity index (χ0n) is 35.8. The fraction of sp³-hybridized carbons (Fsp3) is 0.870. The SMILES string of the molecule is CCCCCC/C=C\C/C=C\CCCCCCCC(=O)OC(COC(=O)CCCCCCCCCCCCCCCCCCCCCCC)COP(=O)(O)O. The Morgan fingerprint density at radius 1 is 0.473 bits per heavy atom. The van der Waals surface area contributed by atoms with Crippen LogP contribution < -0.4 is 0 Å². The first-order valence-corrected chi connectivity index (χ1v) is 24.7. The normalized spacial score (nSPS) is 12.6. The molecule has 0 aromatic heterocycles. The summed E-state index contributed by atoms with van der Waals surface area (Å²) in [6, 6.07) is 0. The van der Waals surface area contributed by atoms with Crippen LogP contribution in [0.25, 0.3) is 0 Å². The Morgan fingerprint density at radius 3 is 1.22 bits per heavy atom. The van der Waals surface area contributed by atoms with Crippen molar-refractivity contribution < 1.29 is 37.9 Å². The van der Waals surface area contributed by atoms with Crippen molar-refractivity contribution in [2.75, 3.05) is 13.2 Å². The summed E-state index contributed by atoms with van der Waals surface area (Å²) in [5.41, 5.74) is 0. The van der Waals surface area contributed by atoms with Crippen molar-refractivity contribution in [2.45, 2.75) is 245 Å². The van der Waals surface area contributed by atoms with Gasteiger partial charge in [0.15, 0.2) is 6.10 Å². The highest BCUT2D eigenvalue weighted by atomic mass is 31.2. The lowest BCUT2D eigenvalue weighted by Crippen LogP contribution is -2.29. The zero-order chi connectivity index (χ0) is 40.3. The first-order chi connectivity index (χ1) is 26.8. The van der Waals surface area contributed by atoms with Gasteiger partial charge in [-0.25, -0.2) is 4.57 Å². The second-order valence-corrected chi connectivity index (χ2v) is 17.0. The first-order valence-electron chi connectivity index (χ1n) is 23.1. The van der Waals surface area contributed by atoms with Crippen molar-refractivity contribution in [3.05, 3.63) is 24.3 Å². The highest BCUT2D eigenvalue weighted by Crippen LogP contribution is 2.36. The summed E-state index contributed by atoms with van der Waals surface area (Å²) in [5.74, 6) is -0.889. The molecule has 0 aliphatic rings. The fourth-order valence-corrected chi connectivity index (χ4v) is 7.12. The average Bonchev–Trinajstić information content (AvgIpc) is 3.16. The quantitative estimate of drug-likeness (QED) is 0.0271.